The van der Waals surface area contributed by atoms with Crippen molar-refractivity contribution >= 4 is 12.4 Å². The van der Waals surface area contributed by atoms with Crippen LogP contribution in [-0.4, -0.2) is 37.7 Å². The fourth-order valence-corrected chi connectivity index (χ4v) is 3.46. The van der Waals surface area contributed by atoms with Gasteiger partial charge in [-0.05, 0) is 48.2 Å². The molecule has 0 N–H and O–H groups in total. The number of ether oxygens (including phenoxy) is 2. The molecule has 0 spiro atoms. The van der Waals surface area contributed by atoms with Gasteiger partial charge in [-0.2, -0.15) is 0 Å². The van der Waals surface area contributed by atoms with E-state index in [-0.39, 0.29) is 53.3 Å². The first-order chi connectivity index (χ1) is 15.6. The van der Waals surface area contributed by atoms with Crippen LogP contribution in [0.25, 0.3) is 0 Å². The fraction of sp³-hybridized carbons (Fsp3) is 0.308. The van der Waals surface area contributed by atoms with Gasteiger partial charge in [-0.25, -0.2) is 0 Å². The maximum atomic E-state index is 12.3. The molecule has 0 amide bonds. The molecule has 0 bridgehead atoms. The zero-order valence-corrected chi connectivity index (χ0v) is 19.0. The van der Waals surface area contributed by atoms with E-state index in [1.165, 1.54) is 12.1 Å². The van der Waals surface area contributed by atoms with Crippen LogP contribution in [0.3, 0.4) is 0 Å². The maximum absolute atomic E-state index is 12.3. The Morgan fingerprint density at radius 3 is 1.61 bits per heavy atom. The molecular weight excluding hydrogens is 463 g/mol. The summed E-state index contributed by atoms with van der Waals surface area (Å²) in [5.74, 6) is 5.25. The molecule has 0 unspecified atom stereocenters. The van der Waals surface area contributed by atoms with Crippen LogP contribution in [0, 0.1) is 24.7 Å². The van der Waals surface area contributed by atoms with Crippen LogP contribution in [0.5, 0.6) is 23.0 Å². The zero-order chi connectivity index (χ0) is 22.8. The largest absolute Gasteiger partial charge is 2.00 e. The minimum atomic E-state index is -0.178. The average molecular weight is 487 g/mol. The van der Waals surface area contributed by atoms with E-state index in [1.807, 2.05) is 0 Å². The Hall–Kier alpha value is -3.41. The number of hydrogen-bond acceptors (Lipinski definition) is 6. The molecule has 2 aromatic carbocycles. The molecule has 0 aliphatic heterocycles. The van der Waals surface area contributed by atoms with E-state index >= 15 is 0 Å². The van der Waals surface area contributed by atoms with Gasteiger partial charge in [0.1, 0.15) is 24.7 Å². The summed E-state index contributed by atoms with van der Waals surface area (Å²) in [6.45, 7) is 0.223. The van der Waals surface area contributed by atoms with Gasteiger partial charge in [0.25, 0.3) is 0 Å². The molecule has 33 heavy (non-hydrogen) atoms. The predicted molar refractivity (Wildman–Crippen MR) is 122 cm³/mol. The van der Waals surface area contributed by atoms with E-state index in [4.69, 9.17) is 22.3 Å². The quantitative estimate of drug-likeness (QED) is 0.326. The molecule has 3 rings (SSSR count). The van der Waals surface area contributed by atoms with Crippen LogP contribution in [0.4, 0.5) is 0 Å². The van der Waals surface area contributed by atoms with E-state index in [2.05, 4.69) is 21.8 Å². The summed E-state index contributed by atoms with van der Waals surface area (Å²) < 4.78 is 10.5. The standard InChI is InChI=1S/C26H26N2O4.Ni/c1-3-13-31-21-11-9-19(25(29)15-21)17-27-23-7-5-6-8-24(23)28-18-20-10-12-22(16-26(20)30)32-14-4-2;/h1-2,9-12,15-18,23-24,29-30H,5-8,13-14H2;/q;+2/p-2/t23-,24-;/m0./s1. The van der Waals surface area contributed by atoms with E-state index in [0.717, 1.165) is 25.7 Å². The second-order valence-corrected chi connectivity index (χ2v) is 7.36. The van der Waals surface area contributed by atoms with Crippen LogP contribution in [0.1, 0.15) is 36.8 Å². The van der Waals surface area contributed by atoms with Crippen molar-refractivity contribution in [1.82, 2.24) is 0 Å². The molecular formula is C26H24N2NiO4. The number of benzene rings is 2. The number of nitrogens with zero attached hydrogens (tertiary/aromatic N) is 2. The minimum absolute atomic E-state index is 0. The summed E-state index contributed by atoms with van der Waals surface area (Å²) in [6, 6.07) is 9.45. The van der Waals surface area contributed by atoms with Gasteiger partial charge in [0, 0.05) is 12.4 Å². The second-order valence-electron chi connectivity index (χ2n) is 7.36. The van der Waals surface area contributed by atoms with Gasteiger partial charge in [-0.1, -0.05) is 48.3 Å². The monoisotopic (exact) mass is 486 g/mol. The first-order valence-corrected chi connectivity index (χ1v) is 10.4. The Morgan fingerprint density at radius 1 is 0.818 bits per heavy atom. The van der Waals surface area contributed by atoms with E-state index in [0.29, 0.717) is 22.6 Å². The van der Waals surface area contributed by atoms with Crippen molar-refractivity contribution in [3.8, 4) is 47.7 Å². The molecule has 172 valence electrons. The molecule has 0 heterocycles. The van der Waals surface area contributed by atoms with Crippen molar-refractivity contribution in [3.63, 3.8) is 0 Å². The van der Waals surface area contributed by atoms with Crippen LogP contribution in [0.2, 0.25) is 0 Å². The summed E-state index contributed by atoms with van der Waals surface area (Å²) in [5, 5.41) is 24.6. The van der Waals surface area contributed by atoms with Gasteiger partial charge in [-0.3, -0.25) is 9.98 Å². The molecule has 7 heteroatoms. The Labute approximate surface area is 204 Å². The number of hydrogen-bond donors (Lipinski definition) is 0. The van der Waals surface area contributed by atoms with Crippen molar-refractivity contribution in [2.45, 2.75) is 37.8 Å². The normalized spacial score (nSPS) is 17.8. The molecule has 0 aromatic heterocycles. The molecule has 6 nitrogen and oxygen atoms in total. The predicted octanol–water partition coefficient (Wildman–Crippen LogP) is 2.70. The Balaban J connectivity index is 0.00000385. The fourth-order valence-electron chi connectivity index (χ4n) is 3.46. The molecule has 1 saturated carbocycles. The van der Waals surface area contributed by atoms with Crippen molar-refractivity contribution < 1.29 is 36.2 Å². The summed E-state index contributed by atoms with van der Waals surface area (Å²) in [7, 11) is 0. The zero-order valence-electron chi connectivity index (χ0n) is 18.0. The number of aliphatic imine (C=N–C) groups is 2. The Bertz CT molecular complexity index is 983. The first-order valence-electron chi connectivity index (χ1n) is 10.4. The first kappa shape index (κ1) is 25.9. The van der Waals surface area contributed by atoms with Crippen molar-refractivity contribution in [2.75, 3.05) is 13.2 Å². The summed E-state index contributed by atoms with van der Waals surface area (Å²) in [5.41, 5.74) is 0.964. The van der Waals surface area contributed by atoms with Crippen molar-refractivity contribution in [2.24, 2.45) is 9.98 Å². The summed E-state index contributed by atoms with van der Waals surface area (Å²) >= 11 is 0. The molecule has 1 aliphatic carbocycles. The minimum Gasteiger partial charge on any atom is -0.872 e. The van der Waals surface area contributed by atoms with E-state index in [1.54, 1.807) is 36.7 Å². The van der Waals surface area contributed by atoms with Gasteiger partial charge in [-0.15, -0.1) is 12.8 Å². The average Bonchev–Trinajstić information content (AvgIpc) is 2.80. The molecule has 1 aliphatic rings. The van der Waals surface area contributed by atoms with Crippen LogP contribution < -0.4 is 19.7 Å². The van der Waals surface area contributed by atoms with Gasteiger partial charge < -0.3 is 19.7 Å². The maximum Gasteiger partial charge on any atom is 2.00 e. The van der Waals surface area contributed by atoms with Gasteiger partial charge >= 0.3 is 16.5 Å². The number of rotatable bonds is 8. The third-order valence-electron chi connectivity index (χ3n) is 5.12. The van der Waals surface area contributed by atoms with E-state index < -0.39 is 0 Å². The van der Waals surface area contributed by atoms with Crippen LogP contribution in [-0.2, 0) is 16.5 Å². The smallest absolute Gasteiger partial charge is 0.872 e. The molecule has 0 radical (unpaired) electrons. The van der Waals surface area contributed by atoms with Crippen molar-refractivity contribution in [1.29, 1.82) is 0 Å². The van der Waals surface area contributed by atoms with Gasteiger partial charge in [0.2, 0.25) is 0 Å². The Morgan fingerprint density at radius 2 is 1.24 bits per heavy atom. The molecule has 2 atom stereocenters. The molecule has 2 aromatic rings. The van der Waals surface area contributed by atoms with Crippen molar-refractivity contribution in [3.05, 3.63) is 47.5 Å². The number of terminal acetylenes is 2. The topological polar surface area (TPSA) is 89.3 Å². The SMILES string of the molecule is C#CCOc1ccc(C=N[C@H]2CCCC[C@@H]2N=Cc2ccc(OCC#C)cc2[O-])c([O-])c1.[Ni+2]. The summed E-state index contributed by atoms with van der Waals surface area (Å²) in [6.07, 6.45) is 17.4. The third kappa shape index (κ3) is 7.60. The Kier molecular flexibility index (Phi) is 10.3. The molecule has 0 saturated heterocycles. The summed E-state index contributed by atoms with van der Waals surface area (Å²) in [4.78, 5) is 9.28. The van der Waals surface area contributed by atoms with Crippen LogP contribution in [0.15, 0.2) is 46.4 Å². The van der Waals surface area contributed by atoms with Crippen LogP contribution >= 0.6 is 0 Å². The molecule has 1 fully saturated rings. The second kappa shape index (κ2) is 13.2. The van der Waals surface area contributed by atoms with Gasteiger partial charge in [0.05, 0.1) is 12.1 Å². The third-order valence-corrected chi connectivity index (χ3v) is 5.12. The van der Waals surface area contributed by atoms with E-state index in [9.17, 15) is 10.2 Å². The van der Waals surface area contributed by atoms with Gasteiger partial charge in [0.15, 0.2) is 0 Å².